The Hall–Kier alpha value is -1.66. The van der Waals surface area contributed by atoms with Crippen molar-refractivity contribution in [3.8, 4) is 0 Å². The van der Waals surface area contributed by atoms with E-state index in [4.69, 9.17) is 4.74 Å². The standard InChI is InChI=1S/C67H129NO5/c1-3-5-7-9-11-13-14-15-38-41-45-49-53-57-61-67(72)73-62-58-54-50-46-42-39-36-34-32-30-28-26-24-22-20-18-16-17-19-21-23-25-27-29-31-33-35-37-40-44-48-52-56-60-66(71)68-64(63-69)65(70)59-55-51-47-43-12-10-8-6-4-2/h14-15,55,59,64-65,69-70H,3-13,16-54,56-58,60-63H2,1-2H3,(H,68,71)/b15-14-,59-55+. The average Bonchev–Trinajstić information content (AvgIpc) is 3.39. The van der Waals surface area contributed by atoms with Gasteiger partial charge >= 0.3 is 5.97 Å². The van der Waals surface area contributed by atoms with Gasteiger partial charge in [-0.2, -0.15) is 0 Å². The van der Waals surface area contributed by atoms with E-state index in [2.05, 4.69) is 31.3 Å². The van der Waals surface area contributed by atoms with E-state index in [9.17, 15) is 19.8 Å². The van der Waals surface area contributed by atoms with E-state index in [-0.39, 0.29) is 18.5 Å². The van der Waals surface area contributed by atoms with Crippen LogP contribution in [0.3, 0.4) is 0 Å². The molecule has 0 rings (SSSR count). The summed E-state index contributed by atoms with van der Waals surface area (Å²) in [5, 5.41) is 23.0. The summed E-state index contributed by atoms with van der Waals surface area (Å²) in [5.74, 6) is -0.0516. The highest BCUT2D eigenvalue weighted by atomic mass is 16.5. The highest BCUT2D eigenvalue weighted by Gasteiger charge is 2.18. The molecule has 0 fully saturated rings. The molecule has 0 saturated carbocycles. The number of esters is 1. The van der Waals surface area contributed by atoms with E-state index in [0.717, 1.165) is 44.9 Å². The Morgan fingerprint density at radius 1 is 0.370 bits per heavy atom. The molecule has 0 aromatic rings. The minimum Gasteiger partial charge on any atom is -0.466 e. The first kappa shape index (κ1) is 71.3. The van der Waals surface area contributed by atoms with E-state index in [1.165, 1.54) is 295 Å². The first-order valence-corrected chi connectivity index (χ1v) is 33.1. The second-order valence-electron chi connectivity index (χ2n) is 22.8. The SMILES string of the molecule is CCCCCCC/C=C\CCCCCCCC(=O)OCCCCCCCCCCCCCCCCCCCCCCCCCCCCCCCCCCCC(=O)NC(CO)C(O)/C=C/CCCCCCCCC. The molecule has 0 radical (unpaired) electrons. The number of allylic oxidation sites excluding steroid dienone is 3. The molecule has 2 unspecified atom stereocenters. The number of unbranched alkanes of at least 4 members (excludes halogenated alkanes) is 49. The third-order valence-electron chi connectivity index (χ3n) is 15.5. The van der Waals surface area contributed by atoms with Crippen LogP contribution in [-0.2, 0) is 14.3 Å². The molecule has 0 heterocycles. The van der Waals surface area contributed by atoms with Crippen molar-refractivity contribution in [3.63, 3.8) is 0 Å². The van der Waals surface area contributed by atoms with Crippen molar-refractivity contribution in [1.82, 2.24) is 5.32 Å². The third-order valence-corrected chi connectivity index (χ3v) is 15.5. The van der Waals surface area contributed by atoms with Gasteiger partial charge in [0.15, 0.2) is 0 Å². The zero-order chi connectivity index (χ0) is 52.9. The van der Waals surface area contributed by atoms with Crippen LogP contribution in [0.2, 0.25) is 0 Å². The van der Waals surface area contributed by atoms with Crippen molar-refractivity contribution in [2.24, 2.45) is 0 Å². The van der Waals surface area contributed by atoms with Crippen LogP contribution >= 0.6 is 0 Å². The van der Waals surface area contributed by atoms with Gasteiger partial charge in [-0.1, -0.05) is 321 Å². The lowest BCUT2D eigenvalue weighted by atomic mass is 10.0. The topological polar surface area (TPSA) is 95.9 Å². The minimum atomic E-state index is -0.838. The number of hydrogen-bond acceptors (Lipinski definition) is 5. The van der Waals surface area contributed by atoms with Gasteiger partial charge in [0.2, 0.25) is 5.91 Å². The molecule has 0 aliphatic rings. The highest BCUT2D eigenvalue weighted by Crippen LogP contribution is 2.18. The van der Waals surface area contributed by atoms with Gasteiger partial charge in [-0.3, -0.25) is 9.59 Å². The van der Waals surface area contributed by atoms with Crippen LogP contribution < -0.4 is 5.32 Å². The molecule has 1 amide bonds. The summed E-state index contributed by atoms with van der Waals surface area (Å²) in [4.78, 5) is 24.4. The summed E-state index contributed by atoms with van der Waals surface area (Å²) < 4.78 is 5.49. The van der Waals surface area contributed by atoms with E-state index < -0.39 is 12.1 Å². The van der Waals surface area contributed by atoms with E-state index in [0.29, 0.717) is 19.4 Å². The lowest BCUT2D eigenvalue weighted by Gasteiger charge is -2.20. The number of carbonyl (C=O) groups excluding carboxylic acids is 2. The van der Waals surface area contributed by atoms with Crippen LogP contribution in [0.5, 0.6) is 0 Å². The normalized spacial score (nSPS) is 12.7. The third kappa shape index (κ3) is 59.4. The first-order valence-electron chi connectivity index (χ1n) is 33.1. The highest BCUT2D eigenvalue weighted by molar-refractivity contribution is 5.76. The number of aliphatic hydroxyl groups is 2. The number of aliphatic hydroxyl groups excluding tert-OH is 2. The van der Waals surface area contributed by atoms with Gasteiger partial charge in [-0.05, 0) is 57.8 Å². The Labute approximate surface area is 456 Å². The number of ether oxygens (including phenoxy) is 1. The minimum absolute atomic E-state index is 0.0131. The van der Waals surface area contributed by atoms with Gasteiger partial charge in [0, 0.05) is 12.8 Å². The number of hydrogen-bond donors (Lipinski definition) is 3. The van der Waals surface area contributed by atoms with Gasteiger partial charge in [-0.25, -0.2) is 0 Å². The van der Waals surface area contributed by atoms with Gasteiger partial charge < -0.3 is 20.3 Å². The van der Waals surface area contributed by atoms with E-state index in [1.54, 1.807) is 6.08 Å². The smallest absolute Gasteiger partial charge is 0.305 e. The Morgan fingerprint density at radius 3 is 0.973 bits per heavy atom. The van der Waals surface area contributed by atoms with Crippen molar-refractivity contribution in [2.45, 2.75) is 379 Å². The maximum Gasteiger partial charge on any atom is 0.305 e. The lowest BCUT2D eigenvalue weighted by molar-refractivity contribution is -0.143. The molecule has 2 atom stereocenters. The van der Waals surface area contributed by atoms with Gasteiger partial charge in [0.25, 0.3) is 0 Å². The molecule has 6 heteroatoms. The van der Waals surface area contributed by atoms with Crippen molar-refractivity contribution in [1.29, 1.82) is 0 Å². The zero-order valence-electron chi connectivity index (χ0n) is 49.4. The molecule has 6 nitrogen and oxygen atoms in total. The summed E-state index contributed by atoms with van der Waals surface area (Å²) in [6.07, 6.45) is 78.4. The molecule has 0 aliphatic heterocycles. The van der Waals surface area contributed by atoms with Crippen molar-refractivity contribution in [2.75, 3.05) is 13.2 Å². The maximum atomic E-state index is 12.4. The van der Waals surface area contributed by atoms with Crippen LogP contribution in [0, 0.1) is 0 Å². The Kier molecular flexibility index (Phi) is 61.4. The Morgan fingerprint density at radius 2 is 0.644 bits per heavy atom. The van der Waals surface area contributed by atoms with Crippen molar-refractivity contribution >= 4 is 11.9 Å². The lowest BCUT2D eigenvalue weighted by Crippen LogP contribution is -2.45. The molecule has 0 aromatic heterocycles. The van der Waals surface area contributed by atoms with Crippen LogP contribution in [0.15, 0.2) is 24.3 Å². The van der Waals surface area contributed by atoms with E-state index >= 15 is 0 Å². The summed E-state index contributed by atoms with van der Waals surface area (Å²) in [5.41, 5.74) is 0. The van der Waals surface area contributed by atoms with Crippen LogP contribution in [-0.4, -0.2) is 47.4 Å². The summed E-state index contributed by atoms with van der Waals surface area (Å²) in [7, 11) is 0. The number of carbonyl (C=O) groups is 2. The Balaban J connectivity index is 3.29. The maximum absolute atomic E-state index is 12.4. The molecule has 0 aliphatic carbocycles. The van der Waals surface area contributed by atoms with Gasteiger partial charge in [-0.15, -0.1) is 0 Å². The number of nitrogens with one attached hydrogen (secondary N) is 1. The second-order valence-corrected chi connectivity index (χ2v) is 22.8. The first-order chi connectivity index (χ1) is 36.0. The van der Waals surface area contributed by atoms with Crippen LogP contribution in [0.4, 0.5) is 0 Å². The molecular weight excluding hydrogens is 899 g/mol. The van der Waals surface area contributed by atoms with Gasteiger partial charge in [0.1, 0.15) is 0 Å². The molecule has 432 valence electrons. The van der Waals surface area contributed by atoms with Crippen molar-refractivity contribution < 1.29 is 24.5 Å². The molecule has 3 N–H and O–H groups in total. The Bertz CT molecular complexity index is 1140. The fourth-order valence-electron chi connectivity index (χ4n) is 10.4. The van der Waals surface area contributed by atoms with Crippen LogP contribution in [0.25, 0.3) is 0 Å². The number of rotatable bonds is 62. The predicted molar refractivity (Wildman–Crippen MR) is 320 cm³/mol. The fraction of sp³-hybridized carbons (Fsp3) is 0.910. The number of amides is 1. The monoisotopic (exact) mass is 1030 g/mol. The molecule has 0 spiro atoms. The molecular formula is C67H129NO5. The fourth-order valence-corrected chi connectivity index (χ4v) is 10.4. The quantitative estimate of drug-likeness (QED) is 0.0320. The summed E-state index contributed by atoms with van der Waals surface area (Å²) in [6.45, 7) is 4.89. The predicted octanol–water partition coefficient (Wildman–Crippen LogP) is 21.0. The largest absolute Gasteiger partial charge is 0.466 e. The summed E-state index contributed by atoms with van der Waals surface area (Å²) >= 11 is 0. The molecule has 0 aromatic carbocycles. The average molecular weight is 1030 g/mol. The van der Waals surface area contributed by atoms with Crippen LogP contribution in [0.1, 0.15) is 367 Å². The zero-order valence-corrected chi connectivity index (χ0v) is 49.4. The second kappa shape index (κ2) is 62.9. The molecule has 0 saturated heterocycles. The molecule has 0 bridgehead atoms. The van der Waals surface area contributed by atoms with Crippen molar-refractivity contribution in [3.05, 3.63) is 24.3 Å². The summed E-state index contributed by atoms with van der Waals surface area (Å²) in [6, 6.07) is -0.621. The molecule has 73 heavy (non-hydrogen) atoms. The van der Waals surface area contributed by atoms with Gasteiger partial charge in [0.05, 0.1) is 25.4 Å². The van der Waals surface area contributed by atoms with E-state index in [1.807, 2.05) is 6.08 Å².